The third-order valence-electron chi connectivity index (χ3n) is 4.72. The number of hydrogen-bond donors (Lipinski definition) is 0. The summed E-state index contributed by atoms with van der Waals surface area (Å²) in [5, 5.41) is 4.15. The van der Waals surface area contributed by atoms with Crippen LogP contribution in [0.3, 0.4) is 0 Å². The van der Waals surface area contributed by atoms with E-state index >= 15 is 0 Å². The van der Waals surface area contributed by atoms with Crippen LogP contribution in [-0.2, 0) is 23.9 Å². The van der Waals surface area contributed by atoms with Crippen molar-refractivity contribution in [3.8, 4) is 0 Å². The topological polar surface area (TPSA) is 49.6 Å². The lowest BCUT2D eigenvalue weighted by molar-refractivity contribution is -0.138. The molecule has 5 nitrogen and oxygen atoms in total. The summed E-state index contributed by atoms with van der Waals surface area (Å²) in [4.78, 5) is 16.5. The molecular formula is C19H21ClF3N3O2. The number of amides is 1. The minimum atomic E-state index is -4.47. The second-order valence-corrected chi connectivity index (χ2v) is 7.33. The third kappa shape index (κ3) is 5.26. The molecule has 0 atom stereocenters. The summed E-state index contributed by atoms with van der Waals surface area (Å²) >= 11 is 6.01. The number of benzene rings is 1. The zero-order valence-electron chi connectivity index (χ0n) is 15.4. The van der Waals surface area contributed by atoms with Gasteiger partial charge in [0.05, 0.1) is 17.7 Å². The van der Waals surface area contributed by atoms with Crippen molar-refractivity contribution in [3.05, 3.63) is 51.9 Å². The minimum Gasteiger partial charge on any atom is -0.361 e. The fourth-order valence-electron chi connectivity index (χ4n) is 3.26. The Bertz CT molecular complexity index is 838. The van der Waals surface area contributed by atoms with Gasteiger partial charge in [0.15, 0.2) is 0 Å². The Labute approximate surface area is 166 Å². The first-order valence-corrected chi connectivity index (χ1v) is 9.38. The molecule has 1 saturated heterocycles. The van der Waals surface area contributed by atoms with Gasteiger partial charge in [0.25, 0.3) is 0 Å². The van der Waals surface area contributed by atoms with Crippen molar-refractivity contribution < 1.29 is 22.5 Å². The highest BCUT2D eigenvalue weighted by Gasteiger charge is 2.31. The van der Waals surface area contributed by atoms with Crippen molar-refractivity contribution in [2.24, 2.45) is 0 Å². The molecule has 0 saturated carbocycles. The number of aromatic nitrogens is 1. The molecule has 0 unspecified atom stereocenters. The van der Waals surface area contributed by atoms with Crippen molar-refractivity contribution in [2.75, 3.05) is 26.2 Å². The summed E-state index contributed by atoms with van der Waals surface area (Å²) in [5.41, 5.74) is 0.235. The quantitative estimate of drug-likeness (QED) is 0.759. The van der Waals surface area contributed by atoms with Gasteiger partial charge < -0.3 is 9.42 Å². The van der Waals surface area contributed by atoms with Gasteiger partial charge in [-0.1, -0.05) is 16.8 Å². The van der Waals surface area contributed by atoms with Crippen LogP contribution in [-0.4, -0.2) is 47.0 Å². The number of carbonyl (C=O) groups excluding carboxylic acids is 1. The van der Waals surface area contributed by atoms with Crippen LogP contribution in [0.2, 0.25) is 5.02 Å². The lowest BCUT2D eigenvalue weighted by atomic mass is 10.1. The Hall–Kier alpha value is -2.06. The molecule has 2 heterocycles. The maximum absolute atomic E-state index is 12.9. The largest absolute Gasteiger partial charge is 0.416 e. The van der Waals surface area contributed by atoms with E-state index in [9.17, 15) is 18.0 Å². The zero-order valence-corrected chi connectivity index (χ0v) is 16.2. The zero-order chi connectivity index (χ0) is 20.3. The van der Waals surface area contributed by atoms with Gasteiger partial charge in [-0.3, -0.25) is 9.69 Å². The number of carbonyl (C=O) groups is 1. The van der Waals surface area contributed by atoms with E-state index in [0.29, 0.717) is 26.2 Å². The summed E-state index contributed by atoms with van der Waals surface area (Å²) < 4.78 is 43.8. The smallest absolute Gasteiger partial charge is 0.361 e. The molecule has 1 amide bonds. The van der Waals surface area contributed by atoms with Gasteiger partial charge >= 0.3 is 6.18 Å². The number of hydrogen-bond acceptors (Lipinski definition) is 4. The second-order valence-electron chi connectivity index (χ2n) is 6.92. The molecule has 28 heavy (non-hydrogen) atoms. The average Bonchev–Trinajstić information content (AvgIpc) is 2.88. The third-order valence-corrected chi connectivity index (χ3v) is 5.09. The van der Waals surface area contributed by atoms with Crippen molar-refractivity contribution in [1.82, 2.24) is 15.0 Å². The summed E-state index contributed by atoms with van der Waals surface area (Å²) in [5.74, 6) is 0.528. The lowest BCUT2D eigenvalue weighted by Gasteiger charge is -2.22. The molecule has 0 bridgehead atoms. The second kappa shape index (κ2) is 8.53. The van der Waals surface area contributed by atoms with Gasteiger partial charge in [-0.15, -0.1) is 0 Å². The Morgan fingerprint density at radius 3 is 2.68 bits per heavy atom. The summed E-state index contributed by atoms with van der Waals surface area (Å²) in [6.45, 7) is 5.00. The maximum Gasteiger partial charge on any atom is 0.416 e. The van der Waals surface area contributed by atoms with Gasteiger partial charge in [0.2, 0.25) is 5.91 Å². The van der Waals surface area contributed by atoms with Crippen molar-refractivity contribution in [2.45, 2.75) is 32.5 Å². The molecule has 152 valence electrons. The number of nitrogens with zero attached hydrogens (tertiary/aromatic N) is 3. The fourth-order valence-corrected chi connectivity index (χ4v) is 3.45. The molecule has 0 radical (unpaired) electrons. The average molecular weight is 416 g/mol. The number of aryl methyl sites for hydroxylation is 1. The van der Waals surface area contributed by atoms with Gasteiger partial charge in [-0.2, -0.15) is 13.2 Å². The van der Waals surface area contributed by atoms with E-state index in [1.54, 1.807) is 4.90 Å². The molecule has 0 N–H and O–H groups in total. The van der Waals surface area contributed by atoms with Crippen LogP contribution in [0.25, 0.3) is 0 Å². The van der Waals surface area contributed by atoms with E-state index < -0.39 is 11.7 Å². The normalized spacial score (nSPS) is 16.2. The van der Waals surface area contributed by atoms with Crippen LogP contribution in [0.1, 0.15) is 29.0 Å². The van der Waals surface area contributed by atoms with Crippen molar-refractivity contribution in [3.63, 3.8) is 0 Å². The molecule has 3 rings (SSSR count). The van der Waals surface area contributed by atoms with E-state index in [1.165, 1.54) is 6.07 Å². The molecule has 1 aromatic heterocycles. The van der Waals surface area contributed by atoms with Crippen LogP contribution >= 0.6 is 11.6 Å². The fraction of sp³-hybridized carbons (Fsp3) is 0.474. The number of halogens is 4. The Morgan fingerprint density at radius 2 is 2.00 bits per heavy atom. The van der Waals surface area contributed by atoms with Gasteiger partial charge in [-0.25, -0.2) is 0 Å². The summed E-state index contributed by atoms with van der Waals surface area (Å²) in [6, 6.07) is 4.95. The highest BCUT2D eigenvalue weighted by molar-refractivity contribution is 6.31. The van der Waals surface area contributed by atoms with Crippen LogP contribution < -0.4 is 0 Å². The van der Waals surface area contributed by atoms with Crippen LogP contribution in [0, 0.1) is 6.92 Å². The molecule has 1 fully saturated rings. The van der Waals surface area contributed by atoms with E-state index in [0.717, 1.165) is 36.6 Å². The highest BCUT2D eigenvalue weighted by atomic mass is 35.5. The molecule has 1 aliphatic heterocycles. The molecule has 1 aromatic carbocycles. The van der Waals surface area contributed by atoms with E-state index in [-0.39, 0.29) is 22.9 Å². The van der Waals surface area contributed by atoms with E-state index in [1.807, 2.05) is 13.0 Å². The standard InChI is InChI=1S/C19H21ClF3N3O2/c1-13-9-16(24-28-13)12-25-5-2-6-26(8-7-25)18(27)11-14-10-15(19(21,22)23)3-4-17(14)20/h3-4,9-10H,2,5-8,11-12H2,1H3. The van der Waals surface area contributed by atoms with Crippen LogP contribution in [0.15, 0.2) is 28.8 Å². The van der Waals surface area contributed by atoms with Gasteiger partial charge in [-0.05, 0) is 37.1 Å². The van der Waals surface area contributed by atoms with E-state index in [2.05, 4.69) is 10.1 Å². The maximum atomic E-state index is 12.9. The highest BCUT2D eigenvalue weighted by Crippen LogP contribution is 2.32. The Kier molecular flexibility index (Phi) is 6.30. The molecule has 9 heteroatoms. The monoisotopic (exact) mass is 415 g/mol. The first-order chi connectivity index (χ1) is 13.2. The SMILES string of the molecule is Cc1cc(CN2CCCN(C(=O)Cc3cc(C(F)(F)F)ccc3Cl)CC2)no1. The van der Waals surface area contributed by atoms with Crippen LogP contribution in [0.4, 0.5) is 13.2 Å². The Morgan fingerprint density at radius 1 is 1.21 bits per heavy atom. The van der Waals surface area contributed by atoms with Gasteiger partial charge in [0.1, 0.15) is 5.76 Å². The number of alkyl halides is 3. The molecule has 0 aliphatic carbocycles. The molecule has 0 spiro atoms. The van der Waals surface area contributed by atoms with Crippen molar-refractivity contribution in [1.29, 1.82) is 0 Å². The first kappa shape index (κ1) is 20.7. The van der Waals surface area contributed by atoms with Crippen molar-refractivity contribution >= 4 is 17.5 Å². The predicted molar refractivity (Wildman–Crippen MR) is 97.9 cm³/mol. The molecule has 1 aliphatic rings. The summed E-state index contributed by atoms with van der Waals surface area (Å²) in [7, 11) is 0. The summed E-state index contributed by atoms with van der Waals surface area (Å²) in [6.07, 6.45) is -3.84. The Balaban J connectivity index is 1.61. The molecule has 2 aromatic rings. The number of rotatable bonds is 4. The lowest BCUT2D eigenvalue weighted by Crippen LogP contribution is -2.36. The predicted octanol–water partition coefficient (Wildman–Crippen LogP) is 3.93. The minimum absolute atomic E-state index is 0.148. The first-order valence-electron chi connectivity index (χ1n) is 9.00. The van der Waals surface area contributed by atoms with Crippen LogP contribution in [0.5, 0.6) is 0 Å². The van der Waals surface area contributed by atoms with E-state index in [4.69, 9.17) is 16.1 Å². The van der Waals surface area contributed by atoms with Gasteiger partial charge in [0, 0.05) is 43.8 Å². The molecular weight excluding hydrogens is 395 g/mol.